The van der Waals surface area contributed by atoms with Gasteiger partial charge in [0, 0.05) is 19.5 Å². The van der Waals surface area contributed by atoms with Crippen molar-refractivity contribution in [1.29, 1.82) is 0 Å². The number of nitrogens with zero attached hydrogens (tertiary/aromatic N) is 2. The minimum Gasteiger partial charge on any atom is -0.358 e. The van der Waals surface area contributed by atoms with Crippen LogP contribution in [0.5, 0.6) is 0 Å². The number of anilines is 1. The molecule has 2 aliphatic heterocycles. The van der Waals surface area contributed by atoms with Gasteiger partial charge in [0.1, 0.15) is 9.57 Å². The van der Waals surface area contributed by atoms with Crippen molar-refractivity contribution in [3.8, 4) is 0 Å². The van der Waals surface area contributed by atoms with Gasteiger partial charge < -0.3 is 4.90 Å². The number of benzene rings is 1. The molecular formula is C19H24N2O2S2. The van der Waals surface area contributed by atoms with Crippen molar-refractivity contribution < 1.29 is 9.59 Å². The first-order valence-corrected chi connectivity index (χ1v) is 10.2. The lowest BCUT2D eigenvalue weighted by atomic mass is 10.0. The molecule has 2 aliphatic rings. The lowest BCUT2D eigenvalue weighted by Gasteiger charge is -2.29. The van der Waals surface area contributed by atoms with E-state index < -0.39 is 5.25 Å². The molecule has 134 valence electrons. The number of thiocarbonyl (C=S) groups is 1. The lowest BCUT2D eigenvalue weighted by Crippen LogP contribution is -2.36. The first kappa shape index (κ1) is 18.4. The molecule has 2 amide bonds. The molecule has 4 nitrogen and oxygen atoms in total. The zero-order valence-electron chi connectivity index (χ0n) is 14.8. The van der Waals surface area contributed by atoms with Crippen molar-refractivity contribution in [3.63, 3.8) is 0 Å². The number of para-hydroxylation sites is 1. The minimum atomic E-state index is -0.397. The molecule has 2 saturated heterocycles. The fourth-order valence-electron chi connectivity index (χ4n) is 3.53. The predicted molar refractivity (Wildman–Crippen MR) is 107 cm³/mol. The highest BCUT2D eigenvalue weighted by atomic mass is 32.2. The standard InChI is InChI=1S/C19H24N2O2S2/c1-3-14-9-7-8-13(2)17(14)21-16(22)12-15(18(21)23)25-19(24)20-10-5-4-6-11-20/h7-9,15H,3-6,10-12H2,1-2H3/t15-/m1/s1. The van der Waals surface area contributed by atoms with Crippen LogP contribution in [0.2, 0.25) is 0 Å². The average Bonchev–Trinajstić information content (AvgIpc) is 2.89. The van der Waals surface area contributed by atoms with E-state index in [4.69, 9.17) is 12.2 Å². The number of piperidine rings is 1. The van der Waals surface area contributed by atoms with Crippen molar-refractivity contribution >= 4 is 45.8 Å². The Balaban J connectivity index is 1.78. The molecule has 1 atom stereocenters. The summed E-state index contributed by atoms with van der Waals surface area (Å²) in [6, 6.07) is 5.91. The maximum Gasteiger partial charge on any atom is 0.247 e. The van der Waals surface area contributed by atoms with Gasteiger partial charge in [-0.3, -0.25) is 9.59 Å². The van der Waals surface area contributed by atoms with Crippen molar-refractivity contribution in [3.05, 3.63) is 29.3 Å². The van der Waals surface area contributed by atoms with Gasteiger partial charge in [-0.2, -0.15) is 0 Å². The first-order valence-electron chi connectivity index (χ1n) is 8.93. The maximum atomic E-state index is 13.0. The third-order valence-corrected chi connectivity index (χ3v) is 6.55. The number of amides is 2. The molecule has 3 rings (SSSR count). The number of thioether (sulfide) groups is 1. The number of hydrogen-bond acceptors (Lipinski definition) is 4. The summed E-state index contributed by atoms with van der Waals surface area (Å²) in [7, 11) is 0. The van der Waals surface area contributed by atoms with E-state index in [-0.39, 0.29) is 18.2 Å². The molecule has 25 heavy (non-hydrogen) atoms. The summed E-state index contributed by atoms with van der Waals surface area (Å²) in [5, 5.41) is -0.397. The van der Waals surface area contributed by atoms with E-state index in [0.29, 0.717) is 0 Å². The summed E-state index contributed by atoms with van der Waals surface area (Å²) in [5.41, 5.74) is 2.77. The average molecular weight is 377 g/mol. The molecule has 0 aliphatic carbocycles. The number of imide groups is 1. The van der Waals surface area contributed by atoms with Crippen LogP contribution in [-0.4, -0.2) is 39.4 Å². The highest BCUT2D eigenvalue weighted by molar-refractivity contribution is 8.23. The number of aryl methyl sites for hydroxylation is 2. The fraction of sp³-hybridized carbons (Fsp3) is 0.526. The topological polar surface area (TPSA) is 40.6 Å². The lowest BCUT2D eigenvalue weighted by molar-refractivity contribution is -0.121. The molecule has 2 fully saturated rings. The highest BCUT2D eigenvalue weighted by Crippen LogP contribution is 2.35. The van der Waals surface area contributed by atoms with Crippen LogP contribution in [-0.2, 0) is 16.0 Å². The number of rotatable bonds is 3. The molecule has 1 aromatic rings. The largest absolute Gasteiger partial charge is 0.358 e. The van der Waals surface area contributed by atoms with Crippen molar-refractivity contribution in [2.45, 2.75) is 51.2 Å². The second-order valence-electron chi connectivity index (χ2n) is 6.63. The van der Waals surface area contributed by atoms with Crippen molar-refractivity contribution in [2.75, 3.05) is 18.0 Å². The first-order chi connectivity index (χ1) is 12.0. The molecule has 0 radical (unpaired) electrons. The van der Waals surface area contributed by atoms with Crippen LogP contribution in [0.25, 0.3) is 0 Å². The van der Waals surface area contributed by atoms with Gasteiger partial charge in [0.15, 0.2) is 0 Å². The Morgan fingerprint density at radius 3 is 2.64 bits per heavy atom. The summed E-state index contributed by atoms with van der Waals surface area (Å²) in [5.74, 6) is -0.244. The molecule has 1 aromatic carbocycles. The monoisotopic (exact) mass is 376 g/mol. The Labute approximate surface area is 158 Å². The predicted octanol–water partition coefficient (Wildman–Crippen LogP) is 3.69. The Morgan fingerprint density at radius 1 is 1.24 bits per heavy atom. The molecule has 0 N–H and O–H groups in total. The summed E-state index contributed by atoms with van der Waals surface area (Å²) >= 11 is 6.93. The quantitative estimate of drug-likeness (QED) is 0.594. The SMILES string of the molecule is CCc1cccc(C)c1N1C(=O)C[C@@H](SC(=S)N2CCCCC2)C1=O. The molecule has 6 heteroatoms. The van der Waals surface area contributed by atoms with Crippen LogP contribution in [0, 0.1) is 6.92 Å². The van der Waals surface area contributed by atoms with Crippen LogP contribution in [0.3, 0.4) is 0 Å². The van der Waals surface area contributed by atoms with E-state index in [1.807, 2.05) is 32.0 Å². The van der Waals surface area contributed by atoms with Gasteiger partial charge in [0.05, 0.1) is 5.69 Å². The van der Waals surface area contributed by atoms with Crippen molar-refractivity contribution in [2.24, 2.45) is 0 Å². The molecule has 0 aromatic heterocycles. The maximum absolute atomic E-state index is 13.0. The summed E-state index contributed by atoms with van der Waals surface area (Å²) in [6.45, 7) is 5.92. The Bertz CT molecular complexity index is 699. The summed E-state index contributed by atoms with van der Waals surface area (Å²) in [4.78, 5) is 29.1. The second-order valence-corrected chi connectivity index (χ2v) is 8.46. The van der Waals surface area contributed by atoms with E-state index in [2.05, 4.69) is 4.90 Å². The Hall–Kier alpha value is -1.40. The Kier molecular flexibility index (Phi) is 5.79. The fourth-order valence-corrected chi connectivity index (χ4v) is 5.07. The van der Waals surface area contributed by atoms with Crippen LogP contribution in [0.4, 0.5) is 5.69 Å². The van der Waals surface area contributed by atoms with Crippen molar-refractivity contribution in [1.82, 2.24) is 4.90 Å². The van der Waals surface area contributed by atoms with Crippen LogP contribution >= 0.6 is 24.0 Å². The van der Waals surface area contributed by atoms with Gasteiger partial charge in [-0.25, -0.2) is 4.90 Å². The summed E-state index contributed by atoms with van der Waals surface area (Å²) in [6.07, 6.45) is 4.55. The Morgan fingerprint density at radius 2 is 1.96 bits per heavy atom. The van der Waals surface area contributed by atoms with E-state index in [1.165, 1.54) is 23.1 Å². The van der Waals surface area contributed by atoms with E-state index in [9.17, 15) is 9.59 Å². The zero-order chi connectivity index (χ0) is 18.0. The molecule has 2 heterocycles. The molecule has 0 spiro atoms. The number of carbonyl (C=O) groups is 2. The zero-order valence-corrected chi connectivity index (χ0v) is 16.4. The second kappa shape index (κ2) is 7.87. The smallest absolute Gasteiger partial charge is 0.247 e. The van der Waals surface area contributed by atoms with E-state index in [1.54, 1.807) is 0 Å². The molecule has 0 unspecified atom stereocenters. The number of likely N-dealkylation sites (tertiary alicyclic amines) is 1. The van der Waals surface area contributed by atoms with Gasteiger partial charge in [-0.1, -0.05) is 49.1 Å². The number of hydrogen-bond donors (Lipinski definition) is 0. The third-order valence-electron chi connectivity index (χ3n) is 4.89. The third kappa shape index (κ3) is 3.75. The van der Waals surface area contributed by atoms with Gasteiger partial charge in [0.2, 0.25) is 11.8 Å². The van der Waals surface area contributed by atoms with Crippen LogP contribution in [0.15, 0.2) is 18.2 Å². The molecule has 0 bridgehead atoms. The van der Waals surface area contributed by atoms with Gasteiger partial charge in [0.25, 0.3) is 0 Å². The minimum absolute atomic E-state index is 0.118. The van der Waals surface area contributed by atoms with Gasteiger partial charge in [-0.05, 0) is 43.7 Å². The van der Waals surface area contributed by atoms with Crippen LogP contribution < -0.4 is 4.90 Å². The summed E-state index contributed by atoms with van der Waals surface area (Å²) < 4.78 is 0.758. The van der Waals surface area contributed by atoms with E-state index >= 15 is 0 Å². The van der Waals surface area contributed by atoms with Crippen LogP contribution in [0.1, 0.15) is 43.7 Å². The highest BCUT2D eigenvalue weighted by Gasteiger charge is 2.42. The van der Waals surface area contributed by atoms with E-state index in [0.717, 1.165) is 53.5 Å². The van der Waals surface area contributed by atoms with Gasteiger partial charge >= 0.3 is 0 Å². The molecular weight excluding hydrogens is 352 g/mol. The molecule has 0 saturated carbocycles. The number of carbonyl (C=O) groups excluding carboxylic acids is 2. The van der Waals surface area contributed by atoms with Gasteiger partial charge in [-0.15, -0.1) is 0 Å². The normalized spacial score (nSPS) is 21.1.